The van der Waals surface area contributed by atoms with Crippen LogP contribution in [0.15, 0.2) is 28.7 Å². The Bertz CT molecular complexity index is 436. The largest absolute Gasteiger partial charge is 0.460 e. The number of nitrogen functional groups attached to an aromatic ring is 1. The van der Waals surface area contributed by atoms with Crippen LogP contribution in [-0.2, 0) is 5.75 Å². The van der Waals surface area contributed by atoms with Crippen molar-refractivity contribution in [1.82, 2.24) is 0 Å². The van der Waals surface area contributed by atoms with Crippen LogP contribution in [0.3, 0.4) is 0 Å². The molecular formula is C11H13NOS. The van der Waals surface area contributed by atoms with Crippen LogP contribution in [0.4, 0.5) is 5.69 Å². The van der Waals surface area contributed by atoms with E-state index in [9.17, 15) is 0 Å². The van der Waals surface area contributed by atoms with Gasteiger partial charge in [0.2, 0.25) is 0 Å². The lowest BCUT2D eigenvalue weighted by atomic mass is 10.2. The predicted molar refractivity (Wildman–Crippen MR) is 62.5 cm³/mol. The first-order valence-electron chi connectivity index (χ1n) is 4.65. The van der Waals surface area contributed by atoms with E-state index in [1.165, 1.54) is 0 Å². The smallest absolute Gasteiger partial charge is 0.134 e. The van der Waals surface area contributed by atoms with Gasteiger partial charge < -0.3 is 10.2 Å². The number of benzene rings is 1. The first-order valence-corrected chi connectivity index (χ1v) is 5.81. The second kappa shape index (κ2) is 3.96. The summed E-state index contributed by atoms with van der Waals surface area (Å²) in [5, 5.41) is 1.09. The van der Waals surface area contributed by atoms with Gasteiger partial charge in [-0.15, -0.1) is 0 Å². The molecule has 1 heterocycles. The molecule has 0 atom stereocenters. The van der Waals surface area contributed by atoms with Crippen LogP contribution in [0, 0.1) is 0 Å². The molecule has 0 amide bonds. The van der Waals surface area contributed by atoms with E-state index in [1.54, 1.807) is 0 Å². The van der Waals surface area contributed by atoms with Crippen molar-refractivity contribution in [2.75, 3.05) is 11.5 Å². The maximum atomic E-state index is 5.69. The van der Waals surface area contributed by atoms with Gasteiger partial charge in [-0.05, 0) is 30.0 Å². The molecule has 0 saturated heterocycles. The number of hydrogen-bond donors (Lipinski definition) is 1. The Morgan fingerprint density at radius 1 is 1.36 bits per heavy atom. The third-order valence-electron chi connectivity index (χ3n) is 2.04. The summed E-state index contributed by atoms with van der Waals surface area (Å²) in [6.45, 7) is 2.14. The number of anilines is 1. The molecule has 0 bridgehead atoms. The van der Waals surface area contributed by atoms with Crippen molar-refractivity contribution in [2.45, 2.75) is 12.7 Å². The molecule has 0 spiro atoms. The Morgan fingerprint density at radius 3 is 3.00 bits per heavy atom. The average Bonchev–Trinajstić information content (AvgIpc) is 2.56. The Morgan fingerprint density at radius 2 is 2.21 bits per heavy atom. The van der Waals surface area contributed by atoms with E-state index in [-0.39, 0.29) is 0 Å². The van der Waals surface area contributed by atoms with Crippen molar-refractivity contribution < 1.29 is 4.42 Å². The van der Waals surface area contributed by atoms with E-state index < -0.39 is 0 Å². The van der Waals surface area contributed by atoms with Crippen molar-refractivity contribution in [3.8, 4) is 0 Å². The molecule has 3 heteroatoms. The molecule has 0 aliphatic heterocycles. The van der Waals surface area contributed by atoms with E-state index in [4.69, 9.17) is 10.2 Å². The number of nitrogens with two attached hydrogens (primary N) is 1. The lowest BCUT2D eigenvalue weighted by Crippen LogP contribution is -1.80. The summed E-state index contributed by atoms with van der Waals surface area (Å²) >= 11 is 1.86. The van der Waals surface area contributed by atoms with Gasteiger partial charge in [-0.25, -0.2) is 0 Å². The zero-order chi connectivity index (χ0) is 9.97. The van der Waals surface area contributed by atoms with Gasteiger partial charge in [0.05, 0.1) is 5.75 Å². The summed E-state index contributed by atoms with van der Waals surface area (Å²) in [4.78, 5) is 0. The van der Waals surface area contributed by atoms with Gasteiger partial charge in [-0.3, -0.25) is 0 Å². The SMILES string of the molecule is CCSCc1cc2cc(N)ccc2o1. The summed E-state index contributed by atoms with van der Waals surface area (Å²) in [5.41, 5.74) is 7.39. The standard InChI is InChI=1S/C11H13NOS/c1-2-14-7-10-6-8-5-9(12)3-4-11(8)13-10/h3-6H,2,7,12H2,1H3. The van der Waals surface area contributed by atoms with Crippen LogP contribution >= 0.6 is 11.8 Å². The molecule has 14 heavy (non-hydrogen) atoms. The number of thioether (sulfide) groups is 1. The van der Waals surface area contributed by atoms with E-state index in [0.717, 1.165) is 33.9 Å². The highest BCUT2D eigenvalue weighted by Crippen LogP contribution is 2.24. The Hall–Kier alpha value is -1.09. The molecule has 2 rings (SSSR count). The van der Waals surface area contributed by atoms with Gasteiger partial charge >= 0.3 is 0 Å². The van der Waals surface area contributed by atoms with E-state index in [0.29, 0.717) is 0 Å². The van der Waals surface area contributed by atoms with Gasteiger partial charge in [0.25, 0.3) is 0 Å². The number of fused-ring (bicyclic) bond motifs is 1. The monoisotopic (exact) mass is 207 g/mol. The maximum absolute atomic E-state index is 5.69. The topological polar surface area (TPSA) is 39.2 Å². The van der Waals surface area contributed by atoms with Gasteiger partial charge in [0, 0.05) is 11.1 Å². The highest BCUT2D eigenvalue weighted by molar-refractivity contribution is 7.98. The van der Waals surface area contributed by atoms with E-state index >= 15 is 0 Å². The molecule has 0 fully saturated rings. The molecule has 74 valence electrons. The lowest BCUT2D eigenvalue weighted by Gasteiger charge is -1.91. The van der Waals surface area contributed by atoms with Gasteiger partial charge in [0.15, 0.2) is 0 Å². The van der Waals surface area contributed by atoms with Crippen LogP contribution in [-0.4, -0.2) is 5.75 Å². The molecule has 0 aliphatic rings. The van der Waals surface area contributed by atoms with Gasteiger partial charge in [-0.1, -0.05) is 6.92 Å². The summed E-state index contributed by atoms with van der Waals surface area (Å²) in [5.74, 6) is 3.07. The molecule has 0 aliphatic carbocycles. The Balaban J connectivity index is 2.32. The summed E-state index contributed by atoms with van der Waals surface area (Å²) in [7, 11) is 0. The molecule has 1 aromatic carbocycles. The van der Waals surface area contributed by atoms with Gasteiger partial charge in [-0.2, -0.15) is 11.8 Å². The minimum Gasteiger partial charge on any atom is -0.460 e. The molecule has 0 radical (unpaired) electrons. The van der Waals surface area contributed by atoms with E-state index in [1.807, 2.05) is 30.0 Å². The van der Waals surface area contributed by atoms with Crippen LogP contribution < -0.4 is 5.73 Å². The summed E-state index contributed by atoms with van der Waals surface area (Å²) in [6, 6.07) is 7.79. The van der Waals surface area contributed by atoms with Crippen LogP contribution in [0.1, 0.15) is 12.7 Å². The molecule has 0 saturated carbocycles. The zero-order valence-corrected chi connectivity index (χ0v) is 8.93. The van der Waals surface area contributed by atoms with Crippen LogP contribution in [0.5, 0.6) is 0 Å². The predicted octanol–water partition coefficient (Wildman–Crippen LogP) is 3.27. The van der Waals surface area contributed by atoms with Crippen molar-refractivity contribution in [1.29, 1.82) is 0 Å². The normalized spacial score (nSPS) is 10.9. The molecule has 2 aromatic rings. The fraction of sp³-hybridized carbons (Fsp3) is 0.273. The van der Waals surface area contributed by atoms with E-state index in [2.05, 4.69) is 13.0 Å². The Labute approximate surface area is 87.5 Å². The first-order chi connectivity index (χ1) is 6.79. The fourth-order valence-corrected chi connectivity index (χ4v) is 1.94. The van der Waals surface area contributed by atoms with Crippen molar-refractivity contribution >= 4 is 28.4 Å². The number of rotatable bonds is 3. The second-order valence-corrected chi connectivity index (χ2v) is 4.42. The first kappa shape index (κ1) is 9.46. The van der Waals surface area contributed by atoms with Gasteiger partial charge in [0.1, 0.15) is 11.3 Å². The Kier molecular flexibility index (Phi) is 2.68. The highest BCUT2D eigenvalue weighted by atomic mass is 32.2. The minimum atomic E-state index is 0.785. The van der Waals surface area contributed by atoms with Crippen LogP contribution in [0.2, 0.25) is 0 Å². The fourth-order valence-electron chi connectivity index (χ4n) is 1.39. The average molecular weight is 207 g/mol. The lowest BCUT2D eigenvalue weighted by molar-refractivity contribution is 0.574. The zero-order valence-electron chi connectivity index (χ0n) is 8.12. The quantitative estimate of drug-likeness (QED) is 0.785. The molecule has 2 nitrogen and oxygen atoms in total. The third-order valence-corrected chi connectivity index (χ3v) is 2.94. The van der Waals surface area contributed by atoms with Crippen molar-refractivity contribution in [2.24, 2.45) is 0 Å². The highest BCUT2D eigenvalue weighted by Gasteiger charge is 2.03. The molecule has 0 unspecified atom stereocenters. The summed E-state index contributed by atoms with van der Waals surface area (Å²) in [6.07, 6.45) is 0. The summed E-state index contributed by atoms with van der Waals surface area (Å²) < 4.78 is 5.65. The number of hydrogen-bond acceptors (Lipinski definition) is 3. The third kappa shape index (κ3) is 1.87. The molecule has 1 aromatic heterocycles. The van der Waals surface area contributed by atoms with Crippen molar-refractivity contribution in [3.05, 3.63) is 30.0 Å². The maximum Gasteiger partial charge on any atom is 0.134 e. The minimum absolute atomic E-state index is 0.785. The van der Waals surface area contributed by atoms with Crippen LogP contribution in [0.25, 0.3) is 11.0 Å². The van der Waals surface area contributed by atoms with Crippen molar-refractivity contribution in [3.63, 3.8) is 0 Å². The molecular weight excluding hydrogens is 194 g/mol. The molecule has 2 N–H and O–H groups in total. The number of furan rings is 1. The second-order valence-electron chi connectivity index (χ2n) is 3.15.